The minimum atomic E-state index is -3.85. The van der Waals surface area contributed by atoms with Crippen molar-refractivity contribution in [3.05, 3.63) is 84.2 Å². The fourth-order valence-corrected chi connectivity index (χ4v) is 7.53. The topological polar surface area (TPSA) is 90.4 Å². The molecular formula is C20H17NO5S2. The molecule has 2 heterocycles. The van der Waals surface area contributed by atoms with Gasteiger partial charge in [-0.2, -0.15) is 0 Å². The molecule has 1 aliphatic rings. The molecule has 1 aliphatic heterocycles. The highest BCUT2D eigenvalue weighted by molar-refractivity contribution is 7.96. The summed E-state index contributed by atoms with van der Waals surface area (Å²) in [5, 5.41) is -1.10. The van der Waals surface area contributed by atoms with Crippen LogP contribution in [0.25, 0.3) is 0 Å². The molecule has 0 saturated carbocycles. The zero-order chi connectivity index (χ0) is 19.8. The van der Waals surface area contributed by atoms with E-state index in [1.807, 2.05) is 12.1 Å². The lowest BCUT2D eigenvalue weighted by Crippen LogP contribution is -2.15. The summed E-state index contributed by atoms with van der Waals surface area (Å²) >= 11 is 0. The molecule has 1 atom stereocenters. The molecule has 1 aromatic heterocycles. The number of pyridine rings is 1. The quantitative estimate of drug-likeness (QED) is 0.636. The second-order valence-electron chi connectivity index (χ2n) is 6.47. The minimum Gasteiger partial charge on any atom is -0.489 e. The molecule has 3 aromatic rings. The second-order valence-corrected chi connectivity index (χ2v) is 10.6. The third-order valence-electron chi connectivity index (χ3n) is 4.63. The Morgan fingerprint density at radius 3 is 2.46 bits per heavy atom. The Hall–Kier alpha value is -2.71. The maximum absolute atomic E-state index is 13.1. The molecule has 144 valence electrons. The molecule has 2 aromatic carbocycles. The lowest BCUT2D eigenvalue weighted by Gasteiger charge is -2.13. The summed E-state index contributed by atoms with van der Waals surface area (Å²) in [7, 11) is -7.45. The number of benzene rings is 2. The van der Waals surface area contributed by atoms with Crippen LogP contribution in [0.3, 0.4) is 0 Å². The van der Waals surface area contributed by atoms with Crippen LogP contribution in [0.5, 0.6) is 5.75 Å². The van der Waals surface area contributed by atoms with Gasteiger partial charge in [0.2, 0.25) is 0 Å². The Kier molecular flexibility index (Phi) is 4.68. The maximum Gasteiger partial charge on any atom is 0.186 e. The highest BCUT2D eigenvalue weighted by Gasteiger charge is 2.42. The molecule has 0 saturated heterocycles. The van der Waals surface area contributed by atoms with Gasteiger partial charge in [-0.1, -0.05) is 24.3 Å². The van der Waals surface area contributed by atoms with E-state index < -0.39 is 30.7 Å². The van der Waals surface area contributed by atoms with Crippen LogP contribution in [0.1, 0.15) is 16.4 Å². The number of hydrogen-bond donors (Lipinski definition) is 0. The van der Waals surface area contributed by atoms with E-state index in [0.717, 1.165) is 5.56 Å². The summed E-state index contributed by atoms with van der Waals surface area (Å²) in [4.78, 5) is 4.17. The zero-order valence-electron chi connectivity index (χ0n) is 14.7. The van der Waals surface area contributed by atoms with E-state index >= 15 is 0 Å². The number of fused-ring (bicyclic) bond motifs is 1. The van der Waals surface area contributed by atoms with E-state index in [1.165, 1.54) is 18.2 Å². The average Bonchev–Trinajstić information content (AvgIpc) is 3.00. The smallest absolute Gasteiger partial charge is 0.186 e. The summed E-state index contributed by atoms with van der Waals surface area (Å²) in [6, 6.07) is 16.0. The van der Waals surface area contributed by atoms with Crippen LogP contribution in [-0.2, 0) is 26.3 Å². The van der Waals surface area contributed by atoms with Gasteiger partial charge in [0.05, 0.1) is 15.5 Å². The van der Waals surface area contributed by atoms with E-state index in [9.17, 15) is 16.8 Å². The monoisotopic (exact) mass is 415 g/mol. The van der Waals surface area contributed by atoms with Crippen LogP contribution in [0.4, 0.5) is 0 Å². The zero-order valence-corrected chi connectivity index (χ0v) is 16.4. The van der Waals surface area contributed by atoms with Gasteiger partial charge in [-0.25, -0.2) is 16.8 Å². The third-order valence-corrected chi connectivity index (χ3v) is 8.75. The van der Waals surface area contributed by atoms with Gasteiger partial charge in [-0.3, -0.25) is 4.98 Å². The normalized spacial score (nSPS) is 17.8. The molecule has 0 N–H and O–H groups in total. The van der Waals surface area contributed by atoms with Crippen molar-refractivity contribution in [3.8, 4) is 5.75 Å². The van der Waals surface area contributed by atoms with Crippen LogP contribution < -0.4 is 4.74 Å². The average molecular weight is 415 g/mol. The van der Waals surface area contributed by atoms with Crippen LogP contribution in [0.15, 0.2) is 82.8 Å². The third kappa shape index (κ3) is 3.41. The Morgan fingerprint density at radius 1 is 1.00 bits per heavy atom. The number of aromatic nitrogens is 1. The van der Waals surface area contributed by atoms with Crippen LogP contribution >= 0.6 is 0 Å². The van der Waals surface area contributed by atoms with E-state index in [2.05, 4.69) is 4.98 Å². The molecule has 6 nitrogen and oxygen atoms in total. The number of sulfone groups is 2. The molecule has 0 amide bonds. The fourth-order valence-electron chi connectivity index (χ4n) is 3.21. The number of nitrogens with zero attached hydrogens (tertiary/aromatic N) is 1. The van der Waals surface area contributed by atoms with Crippen molar-refractivity contribution in [2.45, 2.75) is 21.6 Å². The summed E-state index contributed by atoms with van der Waals surface area (Å²) in [6.07, 6.45) is 3.36. The standard InChI is InChI=1S/C20H17NO5S2/c22-27(23)14-20(18-5-1-2-6-19(18)27)28(24,25)17-9-7-16(8-10-17)26-13-15-4-3-11-21-12-15/h1-12,20H,13-14H2. The van der Waals surface area contributed by atoms with Crippen molar-refractivity contribution in [2.24, 2.45) is 0 Å². The summed E-state index contributed by atoms with van der Waals surface area (Å²) < 4.78 is 56.4. The Balaban J connectivity index is 1.57. The number of rotatable bonds is 5. The summed E-state index contributed by atoms with van der Waals surface area (Å²) in [5.41, 5.74) is 1.23. The first-order valence-electron chi connectivity index (χ1n) is 8.55. The Labute approximate surface area is 163 Å². The largest absolute Gasteiger partial charge is 0.489 e. The summed E-state index contributed by atoms with van der Waals surface area (Å²) in [6.45, 7) is 0.314. The molecule has 0 spiro atoms. The molecule has 8 heteroatoms. The second kappa shape index (κ2) is 7.03. The van der Waals surface area contributed by atoms with Crippen molar-refractivity contribution in [3.63, 3.8) is 0 Å². The Morgan fingerprint density at radius 2 is 1.75 bits per heavy atom. The fraction of sp³-hybridized carbons (Fsp3) is 0.150. The first kappa shape index (κ1) is 18.6. The lowest BCUT2D eigenvalue weighted by atomic mass is 10.2. The molecule has 28 heavy (non-hydrogen) atoms. The molecule has 0 bridgehead atoms. The van der Waals surface area contributed by atoms with Gasteiger partial charge in [-0.05, 0) is 42.0 Å². The molecule has 0 radical (unpaired) electrons. The van der Waals surface area contributed by atoms with Crippen molar-refractivity contribution < 1.29 is 21.6 Å². The van der Waals surface area contributed by atoms with Crippen molar-refractivity contribution in [1.29, 1.82) is 0 Å². The lowest BCUT2D eigenvalue weighted by molar-refractivity contribution is 0.305. The van der Waals surface area contributed by atoms with Gasteiger partial charge >= 0.3 is 0 Å². The van der Waals surface area contributed by atoms with Crippen LogP contribution in [-0.4, -0.2) is 27.6 Å². The van der Waals surface area contributed by atoms with Crippen molar-refractivity contribution in [2.75, 3.05) is 5.75 Å². The van der Waals surface area contributed by atoms with Crippen LogP contribution in [0, 0.1) is 0 Å². The SMILES string of the molecule is O=S1(=O)CC(S(=O)(=O)c2ccc(OCc3cccnc3)cc2)c2ccccc21. The van der Waals surface area contributed by atoms with Gasteiger partial charge in [0, 0.05) is 18.0 Å². The minimum absolute atomic E-state index is 0.0677. The predicted molar refractivity (Wildman–Crippen MR) is 103 cm³/mol. The molecular weight excluding hydrogens is 398 g/mol. The maximum atomic E-state index is 13.1. The highest BCUT2D eigenvalue weighted by Crippen LogP contribution is 2.41. The number of ether oxygens (including phenoxy) is 1. The highest BCUT2D eigenvalue weighted by atomic mass is 32.2. The molecule has 1 unspecified atom stereocenters. The van der Waals surface area contributed by atoms with E-state index in [4.69, 9.17) is 4.74 Å². The van der Waals surface area contributed by atoms with Gasteiger partial charge in [0.25, 0.3) is 0 Å². The molecule has 4 rings (SSSR count). The molecule has 0 fully saturated rings. The predicted octanol–water partition coefficient (Wildman–Crippen LogP) is 2.96. The van der Waals surface area contributed by atoms with Gasteiger partial charge in [0.1, 0.15) is 17.6 Å². The van der Waals surface area contributed by atoms with Crippen LogP contribution in [0.2, 0.25) is 0 Å². The van der Waals surface area contributed by atoms with Gasteiger partial charge < -0.3 is 4.74 Å². The van der Waals surface area contributed by atoms with Gasteiger partial charge in [-0.15, -0.1) is 0 Å². The number of hydrogen-bond acceptors (Lipinski definition) is 6. The molecule has 0 aliphatic carbocycles. The van der Waals surface area contributed by atoms with Crippen molar-refractivity contribution in [1.82, 2.24) is 4.98 Å². The first-order valence-corrected chi connectivity index (χ1v) is 11.8. The Bertz CT molecular complexity index is 1200. The van der Waals surface area contributed by atoms with E-state index in [-0.39, 0.29) is 9.79 Å². The first-order chi connectivity index (χ1) is 13.4. The van der Waals surface area contributed by atoms with E-state index in [1.54, 1.807) is 42.7 Å². The van der Waals surface area contributed by atoms with E-state index in [0.29, 0.717) is 17.9 Å². The van der Waals surface area contributed by atoms with Crippen molar-refractivity contribution >= 4 is 19.7 Å². The summed E-state index contributed by atoms with van der Waals surface area (Å²) in [5.74, 6) is 0.0794. The van der Waals surface area contributed by atoms with Gasteiger partial charge in [0.15, 0.2) is 19.7 Å².